The van der Waals surface area contributed by atoms with Crippen LogP contribution >= 0.6 is 0 Å². The lowest BCUT2D eigenvalue weighted by Crippen LogP contribution is -2.12. The number of nitriles is 1. The Morgan fingerprint density at radius 3 is 2.67 bits per heavy atom. The Morgan fingerprint density at radius 1 is 1.40 bits per heavy atom. The highest BCUT2D eigenvalue weighted by Crippen LogP contribution is 2.27. The standard InChI is InChI=1S/C12H17NO2/c1-9-6-11(8-13)12(7-10(9)2)15-5-3-4-14/h6-7,9-10,14H,3-5H2,1-2H3. The van der Waals surface area contributed by atoms with Gasteiger partial charge >= 0.3 is 0 Å². The van der Waals surface area contributed by atoms with Crippen molar-refractivity contribution < 1.29 is 9.84 Å². The molecule has 15 heavy (non-hydrogen) atoms. The van der Waals surface area contributed by atoms with E-state index in [-0.39, 0.29) is 6.61 Å². The summed E-state index contributed by atoms with van der Waals surface area (Å²) in [7, 11) is 0. The minimum atomic E-state index is 0.116. The van der Waals surface area contributed by atoms with Crippen LogP contribution in [0.1, 0.15) is 20.3 Å². The van der Waals surface area contributed by atoms with E-state index in [2.05, 4.69) is 19.9 Å². The summed E-state index contributed by atoms with van der Waals surface area (Å²) in [5.41, 5.74) is 0.610. The van der Waals surface area contributed by atoms with Crippen LogP contribution in [0.5, 0.6) is 0 Å². The van der Waals surface area contributed by atoms with Gasteiger partial charge < -0.3 is 9.84 Å². The molecule has 0 aromatic heterocycles. The van der Waals surface area contributed by atoms with Crippen LogP contribution in [0.4, 0.5) is 0 Å². The van der Waals surface area contributed by atoms with Crippen LogP contribution in [0.3, 0.4) is 0 Å². The fourth-order valence-corrected chi connectivity index (χ4v) is 1.44. The number of hydrogen-bond acceptors (Lipinski definition) is 3. The van der Waals surface area contributed by atoms with Crippen molar-refractivity contribution in [3.63, 3.8) is 0 Å². The Balaban J connectivity index is 2.65. The Bertz CT molecular complexity index is 312. The summed E-state index contributed by atoms with van der Waals surface area (Å²) < 4.78 is 5.46. The third kappa shape index (κ3) is 3.10. The first-order valence-electron chi connectivity index (χ1n) is 5.26. The number of nitrogens with zero attached hydrogens (tertiary/aromatic N) is 1. The van der Waals surface area contributed by atoms with Crippen LogP contribution in [0.25, 0.3) is 0 Å². The van der Waals surface area contributed by atoms with E-state index in [9.17, 15) is 0 Å². The lowest BCUT2D eigenvalue weighted by molar-refractivity contribution is 0.179. The molecule has 0 radical (unpaired) electrons. The molecule has 1 N–H and O–H groups in total. The maximum Gasteiger partial charge on any atom is 0.133 e. The van der Waals surface area contributed by atoms with Crippen LogP contribution in [-0.4, -0.2) is 18.3 Å². The average molecular weight is 207 g/mol. The van der Waals surface area contributed by atoms with E-state index < -0.39 is 0 Å². The summed E-state index contributed by atoms with van der Waals surface area (Å²) in [4.78, 5) is 0. The van der Waals surface area contributed by atoms with Gasteiger partial charge in [-0.25, -0.2) is 0 Å². The normalized spacial score (nSPS) is 25.2. The predicted molar refractivity (Wildman–Crippen MR) is 57.8 cm³/mol. The predicted octanol–water partition coefficient (Wildman–Crippen LogP) is 2.01. The Hall–Kier alpha value is -1.27. The molecule has 0 saturated carbocycles. The van der Waals surface area contributed by atoms with Gasteiger partial charge in [0, 0.05) is 13.0 Å². The van der Waals surface area contributed by atoms with E-state index in [0.717, 1.165) is 0 Å². The number of ether oxygens (including phenoxy) is 1. The van der Waals surface area contributed by atoms with E-state index in [0.29, 0.717) is 36.2 Å². The molecule has 3 nitrogen and oxygen atoms in total. The summed E-state index contributed by atoms with van der Waals surface area (Å²) in [5, 5.41) is 17.6. The maximum absolute atomic E-state index is 8.93. The molecule has 0 aromatic carbocycles. The second-order valence-corrected chi connectivity index (χ2v) is 3.87. The van der Waals surface area contributed by atoms with Gasteiger partial charge in [-0.15, -0.1) is 0 Å². The van der Waals surface area contributed by atoms with Gasteiger partial charge in [-0.2, -0.15) is 5.26 Å². The molecule has 1 aliphatic carbocycles. The largest absolute Gasteiger partial charge is 0.492 e. The van der Waals surface area contributed by atoms with Crippen LogP contribution in [0.15, 0.2) is 23.5 Å². The number of hydrogen-bond donors (Lipinski definition) is 1. The van der Waals surface area contributed by atoms with Crippen molar-refractivity contribution >= 4 is 0 Å². The van der Waals surface area contributed by atoms with E-state index in [1.165, 1.54) is 0 Å². The first-order valence-corrected chi connectivity index (χ1v) is 5.26. The van der Waals surface area contributed by atoms with Crippen molar-refractivity contribution in [1.29, 1.82) is 5.26 Å². The topological polar surface area (TPSA) is 53.2 Å². The molecular weight excluding hydrogens is 190 g/mol. The van der Waals surface area contributed by atoms with Crippen LogP contribution < -0.4 is 0 Å². The minimum Gasteiger partial charge on any atom is -0.492 e. The van der Waals surface area contributed by atoms with Crippen LogP contribution in [0.2, 0.25) is 0 Å². The van der Waals surface area contributed by atoms with Gasteiger partial charge in [0.25, 0.3) is 0 Å². The molecule has 0 aliphatic heterocycles. The zero-order valence-electron chi connectivity index (χ0n) is 9.23. The molecule has 0 bridgehead atoms. The molecule has 2 unspecified atom stereocenters. The van der Waals surface area contributed by atoms with Crippen molar-refractivity contribution in [2.75, 3.05) is 13.2 Å². The molecular formula is C12H17NO2. The summed E-state index contributed by atoms with van der Waals surface area (Å²) in [6.45, 7) is 4.76. The smallest absolute Gasteiger partial charge is 0.133 e. The molecule has 0 fully saturated rings. The Kier molecular flexibility index (Phi) is 4.38. The third-order valence-corrected chi connectivity index (χ3v) is 2.62. The minimum absolute atomic E-state index is 0.116. The Labute approximate surface area is 90.7 Å². The van der Waals surface area contributed by atoms with E-state index in [1.54, 1.807) is 0 Å². The molecule has 0 spiro atoms. The fourth-order valence-electron chi connectivity index (χ4n) is 1.44. The zero-order valence-corrected chi connectivity index (χ0v) is 9.23. The maximum atomic E-state index is 8.93. The van der Waals surface area contributed by atoms with Gasteiger partial charge in [-0.1, -0.05) is 19.9 Å². The second kappa shape index (κ2) is 5.57. The second-order valence-electron chi connectivity index (χ2n) is 3.87. The summed E-state index contributed by atoms with van der Waals surface area (Å²) in [6.07, 6.45) is 4.53. The van der Waals surface area contributed by atoms with Crippen molar-refractivity contribution in [2.45, 2.75) is 20.3 Å². The van der Waals surface area contributed by atoms with E-state index in [4.69, 9.17) is 15.1 Å². The van der Waals surface area contributed by atoms with Gasteiger partial charge in [-0.05, 0) is 17.9 Å². The van der Waals surface area contributed by atoms with Gasteiger partial charge in [-0.3, -0.25) is 0 Å². The van der Waals surface area contributed by atoms with Crippen molar-refractivity contribution in [3.05, 3.63) is 23.5 Å². The molecule has 0 saturated heterocycles. The first kappa shape index (κ1) is 11.8. The molecule has 82 valence electrons. The van der Waals surface area contributed by atoms with Gasteiger partial charge in [0.05, 0.1) is 12.2 Å². The number of allylic oxidation sites excluding steroid dienone is 3. The van der Waals surface area contributed by atoms with Gasteiger partial charge in [0.1, 0.15) is 11.8 Å². The van der Waals surface area contributed by atoms with Crippen molar-refractivity contribution in [2.24, 2.45) is 11.8 Å². The molecule has 0 amide bonds. The lowest BCUT2D eigenvalue weighted by Gasteiger charge is -2.21. The van der Waals surface area contributed by atoms with E-state index in [1.807, 2.05) is 12.2 Å². The molecule has 3 heteroatoms. The first-order chi connectivity index (χ1) is 7.19. The number of rotatable bonds is 4. The fraction of sp³-hybridized carbons (Fsp3) is 0.583. The highest BCUT2D eigenvalue weighted by molar-refractivity contribution is 5.41. The van der Waals surface area contributed by atoms with Crippen LogP contribution in [-0.2, 0) is 4.74 Å². The monoisotopic (exact) mass is 207 g/mol. The third-order valence-electron chi connectivity index (χ3n) is 2.62. The van der Waals surface area contributed by atoms with E-state index >= 15 is 0 Å². The molecule has 2 atom stereocenters. The molecule has 0 aromatic rings. The van der Waals surface area contributed by atoms with Crippen molar-refractivity contribution in [3.8, 4) is 6.07 Å². The lowest BCUT2D eigenvalue weighted by atomic mass is 9.88. The number of aliphatic hydroxyl groups is 1. The highest BCUT2D eigenvalue weighted by atomic mass is 16.5. The highest BCUT2D eigenvalue weighted by Gasteiger charge is 2.19. The molecule has 1 rings (SSSR count). The summed E-state index contributed by atoms with van der Waals surface area (Å²) in [5.74, 6) is 1.44. The summed E-state index contributed by atoms with van der Waals surface area (Å²) >= 11 is 0. The average Bonchev–Trinajstić information content (AvgIpc) is 2.23. The van der Waals surface area contributed by atoms with Crippen LogP contribution in [0, 0.1) is 23.2 Å². The molecule has 0 heterocycles. The zero-order chi connectivity index (χ0) is 11.3. The SMILES string of the molecule is CC1C=C(C#N)C(OCCCO)=CC1C. The van der Waals surface area contributed by atoms with Gasteiger partial charge in [0.15, 0.2) is 0 Å². The Morgan fingerprint density at radius 2 is 2.07 bits per heavy atom. The van der Waals surface area contributed by atoms with Crippen molar-refractivity contribution in [1.82, 2.24) is 0 Å². The number of aliphatic hydroxyl groups excluding tert-OH is 1. The summed E-state index contributed by atoms with van der Waals surface area (Å²) in [6, 6.07) is 2.14. The molecule has 1 aliphatic rings. The van der Waals surface area contributed by atoms with Gasteiger partial charge in [0.2, 0.25) is 0 Å². The quantitative estimate of drug-likeness (QED) is 0.717.